The second kappa shape index (κ2) is 7.75. The van der Waals surface area contributed by atoms with E-state index < -0.39 is 0 Å². The van der Waals surface area contributed by atoms with E-state index in [1.165, 1.54) is 38.9 Å². The summed E-state index contributed by atoms with van der Waals surface area (Å²) in [5, 5.41) is 3.52. The SMILES string of the molecule is CCC(CCl)(CCl)NCCCN1CCCC1. The second-order valence-electron chi connectivity index (χ2n) is 4.73. The summed E-state index contributed by atoms with van der Waals surface area (Å²) in [5.74, 6) is 1.19. The molecule has 0 atom stereocenters. The van der Waals surface area contributed by atoms with Gasteiger partial charge in [-0.2, -0.15) is 0 Å². The van der Waals surface area contributed by atoms with Gasteiger partial charge in [-0.15, -0.1) is 23.2 Å². The highest BCUT2D eigenvalue weighted by atomic mass is 35.5. The quantitative estimate of drug-likeness (QED) is 0.537. The van der Waals surface area contributed by atoms with Crippen molar-refractivity contribution in [3.05, 3.63) is 0 Å². The molecule has 1 N–H and O–H groups in total. The zero-order valence-corrected chi connectivity index (χ0v) is 11.8. The maximum absolute atomic E-state index is 5.97. The Morgan fingerprint density at radius 1 is 1.19 bits per heavy atom. The molecule has 1 saturated heterocycles. The van der Waals surface area contributed by atoms with Crippen molar-refractivity contribution in [2.45, 2.75) is 38.1 Å². The first-order chi connectivity index (χ1) is 7.76. The predicted octanol–water partition coefficient (Wildman–Crippen LogP) is 2.69. The summed E-state index contributed by atoms with van der Waals surface area (Å²) in [6, 6.07) is 0. The van der Waals surface area contributed by atoms with Crippen LogP contribution in [0.15, 0.2) is 0 Å². The Hall–Kier alpha value is 0.500. The fourth-order valence-electron chi connectivity index (χ4n) is 2.11. The van der Waals surface area contributed by atoms with Crippen molar-refractivity contribution in [2.24, 2.45) is 0 Å². The van der Waals surface area contributed by atoms with Crippen molar-refractivity contribution < 1.29 is 0 Å². The number of hydrogen-bond acceptors (Lipinski definition) is 2. The van der Waals surface area contributed by atoms with Crippen LogP contribution in [0.3, 0.4) is 0 Å². The topological polar surface area (TPSA) is 15.3 Å². The van der Waals surface area contributed by atoms with Gasteiger partial charge in [-0.05, 0) is 51.9 Å². The third-order valence-corrected chi connectivity index (χ3v) is 4.56. The minimum Gasteiger partial charge on any atom is -0.309 e. The Morgan fingerprint density at radius 2 is 1.81 bits per heavy atom. The summed E-state index contributed by atoms with van der Waals surface area (Å²) >= 11 is 11.9. The molecule has 0 bridgehead atoms. The van der Waals surface area contributed by atoms with Crippen molar-refractivity contribution in [2.75, 3.05) is 37.9 Å². The van der Waals surface area contributed by atoms with Gasteiger partial charge in [0, 0.05) is 17.3 Å². The van der Waals surface area contributed by atoms with Crippen LogP contribution in [-0.2, 0) is 0 Å². The van der Waals surface area contributed by atoms with Gasteiger partial charge in [-0.1, -0.05) is 6.92 Å². The van der Waals surface area contributed by atoms with Gasteiger partial charge < -0.3 is 10.2 Å². The van der Waals surface area contributed by atoms with Gasteiger partial charge in [0.1, 0.15) is 0 Å². The lowest BCUT2D eigenvalue weighted by atomic mass is 10.0. The van der Waals surface area contributed by atoms with E-state index in [-0.39, 0.29) is 5.54 Å². The van der Waals surface area contributed by atoms with Crippen LogP contribution in [0.5, 0.6) is 0 Å². The lowest BCUT2D eigenvalue weighted by molar-refractivity contribution is 0.314. The fourth-order valence-corrected chi connectivity index (χ4v) is 2.96. The fraction of sp³-hybridized carbons (Fsp3) is 1.00. The number of likely N-dealkylation sites (tertiary alicyclic amines) is 1. The van der Waals surface area contributed by atoms with E-state index in [0.29, 0.717) is 11.8 Å². The molecular weight excluding hydrogens is 243 g/mol. The molecule has 1 fully saturated rings. The Morgan fingerprint density at radius 3 is 2.31 bits per heavy atom. The summed E-state index contributed by atoms with van der Waals surface area (Å²) in [4.78, 5) is 2.54. The minimum atomic E-state index is -0.0614. The van der Waals surface area contributed by atoms with Gasteiger partial charge in [0.05, 0.1) is 0 Å². The molecule has 4 heteroatoms. The highest BCUT2D eigenvalue weighted by Crippen LogP contribution is 2.15. The highest BCUT2D eigenvalue weighted by molar-refractivity contribution is 6.22. The van der Waals surface area contributed by atoms with Crippen molar-refractivity contribution in [1.82, 2.24) is 10.2 Å². The molecule has 0 aromatic rings. The lowest BCUT2D eigenvalue weighted by Gasteiger charge is -2.30. The van der Waals surface area contributed by atoms with Crippen LogP contribution in [0.4, 0.5) is 0 Å². The molecular formula is C12H24Cl2N2. The van der Waals surface area contributed by atoms with Crippen LogP contribution in [0.25, 0.3) is 0 Å². The van der Waals surface area contributed by atoms with Crippen LogP contribution in [-0.4, -0.2) is 48.4 Å². The van der Waals surface area contributed by atoms with Crippen LogP contribution in [0.2, 0.25) is 0 Å². The van der Waals surface area contributed by atoms with Crippen molar-refractivity contribution >= 4 is 23.2 Å². The number of alkyl halides is 2. The van der Waals surface area contributed by atoms with Crippen LogP contribution < -0.4 is 5.32 Å². The first-order valence-electron chi connectivity index (χ1n) is 6.35. The average Bonchev–Trinajstić information content (AvgIpc) is 2.83. The zero-order chi connectivity index (χ0) is 11.9. The summed E-state index contributed by atoms with van der Waals surface area (Å²) in [6.45, 7) is 6.92. The van der Waals surface area contributed by atoms with E-state index >= 15 is 0 Å². The van der Waals surface area contributed by atoms with Crippen LogP contribution >= 0.6 is 23.2 Å². The monoisotopic (exact) mass is 266 g/mol. The first kappa shape index (κ1) is 14.6. The number of rotatable bonds is 8. The van der Waals surface area contributed by atoms with E-state index in [2.05, 4.69) is 17.1 Å². The van der Waals surface area contributed by atoms with Gasteiger partial charge in [0.2, 0.25) is 0 Å². The summed E-state index contributed by atoms with van der Waals surface area (Å²) in [7, 11) is 0. The van der Waals surface area contributed by atoms with Crippen LogP contribution in [0.1, 0.15) is 32.6 Å². The Kier molecular flexibility index (Phi) is 7.06. The molecule has 0 aliphatic carbocycles. The molecule has 1 aliphatic heterocycles. The third-order valence-electron chi connectivity index (χ3n) is 3.54. The first-order valence-corrected chi connectivity index (χ1v) is 7.42. The zero-order valence-electron chi connectivity index (χ0n) is 10.3. The van der Waals surface area contributed by atoms with Gasteiger partial charge >= 0.3 is 0 Å². The van der Waals surface area contributed by atoms with E-state index in [4.69, 9.17) is 23.2 Å². The maximum atomic E-state index is 5.97. The minimum absolute atomic E-state index is 0.0614. The maximum Gasteiger partial charge on any atom is 0.0451 e. The Labute approximate surface area is 110 Å². The molecule has 16 heavy (non-hydrogen) atoms. The smallest absolute Gasteiger partial charge is 0.0451 e. The highest BCUT2D eigenvalue weighted by Gasteiger charge is 2.24. The molecule has 0 saturated carbocycles. The second-order valence-corrected chi connectivity index (χ2v) is 5.26. The Balaban J connectivity index is 2.12. The molecule has 1 aliphatic rings. The molecule has 0 amide bonds. The van der Waals surface area contributed by atoms with Crippen LogP contribution in [0, 0.1) is 0 Å². The summed E-state index contributed by atoms with van der Waals surface area (Å²) < 4.78 is 0. The van der Waals surface area contributed by atoms with Gasteiger partial charge in [-0.3, -0.25) is 0 Å². The number of hydrogen-bond donors (Lipinski definition) is 1. The third kappa shape index (κ3) is 4.40. The molecule has 2 nitrogen and oxygen atoms in total. The summed E-state index contributed by atoms with van der Waals surface area (Å²) in [6.07, 6.45) is 4.92. The predicted molar refractivity (Wildman–Crippen MR) is 72.8 cm³/mol. The van der Waals surface area contributed by atoms with Crippen molar-refractivity contribution in [1.29, 1.82) is 0 Å². The average molecular weight is 267 g/mol. The van der Waals surface area contributed by atoms with Crippen molar-refractivity contribution in [3.63, 3.8) is 0 Å². The molecule has 0 aromatic heterocycles. The number of nitrogens with zero attached hydrogens (tertiary/aromatic N) is 1. The molecule has 96 valence electrons. The molecule has 0 unspecified atom stereocenters. The number of nitrogens with one attached hydrogen (secondary N) is 1. The molecule has 0 aromatic carbocycles. The molecule has 0 spiro atoms. The van der Waals surface area contributed by atoms with Crippen molar-refractivity contribution in [3.8, 4) is 0 Å². The van der Waals surface area contributed by atoms with E-state index in [1.54, 1.807) is 0 Å². The van der Waals surface area contributed by atoms with Gasteiger partial charge in [-0.25, -0.2) is 0 Å². The standard InChI is InChI=1S/C12H24Cl2N2/c1-2-12(10-13,11-14)15-6-5-9-16-7-3-4-8-16/h15H,2-11H2,1H3. The summed E-state index contributed by atoms with van der Waals surface area (Å²) in [5.41, 5.74) is -0.0614. The molecule has 1 rings (SSSR count). The molecule has 0 radical (unpaired) electrons. The lowest BCUT2D eigenvalue weighted by Crippen LogP contribution is -2.49. The molecule has 1 heterocycles. The van der Waals surface area contributed by atoms with E-state index in [0.717, 1.165) is 13.0 Å². The van der Waals surface area contributed by atoms with E-state index in [1.807, 2.05) is 0 Å². The largest absolute Gasteiger partial charge is 0.309 e. The Bertz CT molecular complexity index is 170. The van der Waals surface area contributed by atoms with Gasteiger partial charge in [0.15, 0.2) is 0 Å². The van der Waals surface area contributed by atoms with Gasteiger partial charge in [0.25, 0.3) is 0 Å². The normalized spacial score (nSPS) is 18.2. The number of halogens is 2. The van der Waals surface area contributed by atoms with E-state index in [9.17, 15) is 0 Å².